The van der Waals surface area contributed by atoms with Crippen molar-refractivity contribution in [3.8, 4) is 0 Å². The molecule has 0 saturated carbocycles. The van der Waals surface area contributed by atoms with Gasteiger partial charge in [0.15, 0.2) is 0 Å². The largest absolute Gasteiger partial charge is 0.378 e. The zero-order chi connectivity index (χ0) is 11.5. The van der Waals surface area contributed by atoms with Gasteiger partial charge in [-0.2, -0.15) is 12.8 Å². The van der Waals surface area contributed by atoms with E-state index < -0.39 is 10.2 Å². The molecule has 0 aliphatic rings. The Bertz CT molecular complexity index is 449. The summed E-state index contributed by atoms with van der Waals surface area (Å²) in [6.45, 7) is 0. The van der Waals surface area contributed by atoms with Crippen molar-refractivity contribution in [2.75, 3.05) is 19.0 Å². The molecule has 0 saturated heterocycles. The van der Waals surface area contributed by atoms with E-state index in [1.807, 2.05) is 31.1 Å². The minimum atomic E-state index is -3.79. The Kier molecular flexibility index (Phi) is 3.43. The number of rotatable bonds is 3. The molecule has 5 nitrogen and oxygen atoms in total. The molecule has 1 rings (SSSR count). The molecule has 0 unspecified atom stereocenters. The van der Waals surface area contributed by atoms with Gasteiger partial charge in [-0.25, -0.2) is 5.14 Å². The third kappa shape index (κ3) is 4.09. The van der Waals surface area contributed by atoms with Crippen LogP contribution in [0, 0.1) is 0 Å². The maximum absolute atomic E-state index is 10.6. The van der Waals surface area contributed by atoms with Crippen LogP contribution in [0.25, 0.3) is 0 Å². The van der Waals surface area contributed by atoms with Crippen molar-refractivity contribution in [3.63, 3.8) is 0 Å². The molecule has 2 N–H and O–H groups in total. The molecule has 0 heterocycles. The van der Waals surface area contributed by atoms with Crippen LogP contribution in [0.15, 0.2) is 28.7 Å². The van der Waals surface area contributed by atoms with Crippen LogP contribution in [-0.4, -0.2) is 28.7 Å². The fourth-order valence-electron chi connectivity index (χ4n) is 0.993. The monoisotopic (exact) mass is 227 g/mol. The van der Waals surface area contributed by atoms with E-state index in [-0.39, 0.29) is 0 Å². The van der Waals surface area contributed by atoms with Crippen molar-refractivity contribution < 1.29 is 8.42 Å². The molecule has 1 aromatic carbocycles. The molecular formula is C9H13N3O2S. The standard InChI is InChI=1S/C9H13N3O2S/c1-12(2)9-5-3-8(4-6-9)7-11-15(10,13)14/h3-7H,1-2H3,(H2,10,13,14). The van der Waals surface area contributed by atoms with Gasteiger partial charge in [-0.15, -0.1) is 0 Å². The Balaban J connectivity index is 2.86. The van der Waals surface area contributed by atoms with Crippen LogP contribution in [0.5, 0.6) is 0 Å². The highest BCUT2D eigenvalue weighted by Gasteiger charge is 1.96. The minimum absolute atomic E-state index is 0.689. The molecule has 0 aliphatic carbocycles. The summed E-state index contributed by atoms with van der Waals surface area (Å²) in [5.41, 5.74) is 1.72. The Labute approximate surface area is 89.4 Å². The lowest BCUT2D eigenvalue weighted by molar-refractivity contribution is 0.600. The normalized spacial score (nSPS) is 11.9. The Hall–Kier alpha value is -1.40. The second-order valence-corrected chi connectivity index (χ2v) is 4.48. The molecule has 0 aromatic heterocycles. The molecule has 0 radical (unpaired) electrons. The van der Waals surface area contributed by atoms with Crippen molar-refractivity contribution in [2.45, 2.75) is 0 Å². The summed E-state index contributed by atoms with van der Waals surface area (Å²) in [5, 5.41) is 4.73. The van der Waals surface area contributed by atoms with E-state index in [0.717, 1.165) is 5.69 Å². The number of hydrogen-bond donors (Lipinski definition) is 1. The quantitative estimate of drug-likeness (QED) is 0.758. The van der Waals surface area contributed by atoms with Crippen LogP contribution in [-0.2, 0) is 10.2 Å². The average Bonchev–Trinajstić information content (AvgIpc) is 2.14. The van der Waals surface area contributed by atoms with E-state index in [2.05, 4.69) is 4.40 Å². The highest BCUT2D eigenvalue weighted by Crippen LogP contribution is 2.10. The molecule has 0 bridgehead atoms. The lowest BCUT2D eigenvalue weighted by atomic mass is 10.2. The second kappa shape index (κ2) is 4.41. The second-order valence-electron chi connectivity index (χ2n) is 3.24. The molecule has 1 aromatic rings. The summed E-state index contributed by atoms with van der Waals surface area (Å²) in [7, 11) is 0.0583. The molecule has 0 amide bonds. The Morgan fingerprint density at radius 2 is 1.80 bits per heavy atom. The predicted octanol–water partition coefficient (Wildman–Crippen LogP) is 0.375. The van der Waals surface area contributed by atoms with Gasteiger partial charge in [-0.3, -0.25) is 0 Å². The first-order valence-corrected chi connectivity index (χ1v) is 5.74. The molecule has 0 spiro atoms. The van der Waals surface area contributed by atoms with Crippen LogP contribution in [0.4, 0.5) is 5.69 Å². The van der Waals surface area contributed by atoms with Crippen LogP contribution >= 0.6 is 0 Å². The zero-order valence-electron chi connectivity index (χ0n) is 8.58. The smallest absolute Gasteiger partial charge is 0.317 e. The van der Waals surface area contributed by atoms with Crippen molar-refractivity contribution >= 4 is 22.1 Å². The predicted molar refractivity (Wildman–Crippen MR) is 61.5 cm³/mol. The van der Waals surface area contributed by atoms with E-state index in [1.54, 1.807) is 12.1 Å². The summed E-state index contributed by atoms with van der Waals surface area (Å²) in [5.74, 6) is 0. The topological polar surface area (TPSA) is 75.8 Å². The first kappa shape index (κ1) is 11.7. The lowest BCUT2D eigenvalue weighted by Crippen LogP contribution is -2.09. The molecule has 82 valence electrons. The maximum atomic E-state index is 10.6. The highest BCUT2D eigenvalue weighted by atomic mass is 32.2. The first-order chi connectivity index (χ1) is 6.88. The minimum Gasteiger partial charge on any atom is -0.378 e. The van der Waals surface area contributed by atoms with E-state index in [4.69, 9.17) is 5.14 Å². The molecule has 6 heteroatoms. The molecule has 15 heavy (non-hydrogen) atoms. The summed E-state index contributed by atoms with van der Waals surface area (Å²) < 4.78 is 24.3. The molecule has 0 atom stereocenters. The Morgan fingerprint density at radius 1 is 1.27 bits per heavy atom. The van der Waals surface area contributed by atoms with E-state index >= 15 is 0 Å². The first-order valence-electron chi connectivity index (χ1n) is 4.24. The number of nitrogens with two attached hydrogens (primary N) is 1. The van der Waals surface area contributed by atoms with E-state index in [9.17, 15) is 8.42 Å². The van der Waals surface area contributed by atoms with Crippen molar-refractivity contribution in [3.05, 3.63) is 29.8 Å². The summed E-state index contributed by atoms with van der Waals surface area (Å²) in [6, 6.07) is 7.27. The fraction of sp³-hybridized carbons (Fsp3) is 0.222. The summed E-state index contributed by atoms with van der Waals surface area (Å²) in [4.78, 5) is 1.95. The third-order valence-electron chi connectivity index (χ3n) is 1.76. The fourth-order valence-corrected chi connectivity index (χ4v) is 1.26. The number of benzene rings is 1. The summed E-state index contributed by atoms with van der Waals surface area (Å²) >= 11 is 0. The molecule has 0 aliphatic heterocycles. The average molecular weight is 227 g/mol. The Morgan fingerprint density at radius 3 is 2.20 bits per heavy atom. The van der Waals surface area contributed by atoms with E-state index in [1.165, 1.54) is 6.21 Å². The van der Waals surface area contributed by atoms with Crippen LogP contribution in [0.3, 0.4) is 0 Å². The van der Waals surface area contributed by atoms with Crippen molar-refractivity contribution in [1.29, 1.82) is 0 Å². The summed E-state index contributed by atoms with van der Waals surface area (Å²) in [6.07, 6.45) is 1.22. The van der Waals surface area contributed by atoms with Gasteiger partial charge < -0.3 is 4.90 Å². The van der Waals surface area contributed by atoms with Crippen LogP contribution < -0.4 is 10.0 Å². The van der Waals surface area contributed by atoms with Gasteiger partial charge in [0.1, 0.15) is 0 Å². The van der Waals surface area contributed by atoms with Gasteiger partial charge in [0.2, 0.25) is 0 Å². The van der Waals surface area contributed by atoms with Gasteiger partial charge in [-0.05, 0) is 17.7 Å². The van der Waals surface area contributed by atoms with Gasteiger partial charge in [0.25, 0.3) is 0 Å². The van der Waals surface area contributed by atoms with Gasteiger partial charge in [0, 0.05) is 26.0 Å². The van der Waals surface area contributed by atoms with Crippen molar-refractivity contribution in [2.24, 2.45) is 9.54 Å². The maximum Gasteiger partial charge on any atom is 0.317 e. The molecule has 0 fully saturated rings. The third-order valence-corrected chi connectivity index (χ3v) is 2.16. The van der Waals surface area contributed by atoms with Gasteiger partial charge >= 0.3 is 10.2 Å². The molecular weight excluding hydrogens is 214 g/mol. The van der Waals surface area contributed by atoms with Crippen molar-refractivity contribution in [1.82, 2.24) is 0 Å². The van der Waals surface area contributed by atoms with Gasteiger partial charge in [0.05, 0.1) is 0 Å². The lowest BCUT2D eigenvalue weighted by Gasteiger charge is -2.11. The van der Waals surface area contributed by atoms with E-state index in [0.29, 0.717) is 5.56 Å². The van der Waals surface area contributed by atoms with Crippen LogP contribution in [0.1, 0.15) is 5.56 Å². The zero-order valence-corrected chi connectivity index (χ0v) is 9.40. The van der Waals surface area contributed by atoms with Gasteiger partial charge in [-0.1, -0.05) is 12.1 Å². The van der Waals surface area contributed by atoms with Crippen LogP contribution in [0.2, 0.25) is 0 Å². The SMILES string of the molecule is CN(C)c1ccc(C=NS(N)(=O)=O)cc1. The number of nitrogens with zero attached hydrogens (tertiary/aromatic N) is 2. The highest BCUT2D eigenvalue weighted by molar-refractivity contribution is 7.87. The number of hydrogen-bond acceptors (Lipinski definition) is 3. The number of anilines is 1.